The van der Waals surface area contributed by atoms with Crippen LogP contribution in [0.5, 0.6) is 5.75 Å². The molecule has 0 saturated carbocycles. The number of nitrogens with zero attached hydrogens (tertiary/aromatic N) is 1. The second-order valence-electron chi connectivity index (χ2n) is 5.75. The van der Waals surface area contributed by atoms with Gasteiger partial charge in [0.15, 0.2) is 6.61 Å². The molecule has 114 valence electrons. The number of anilines is 1. The van der Waals surface area contributed by atoms with E-state index in [0.29, 0.717) is 31.2 Å². The largest absolute Gasteiger partial charge is 0.482 e. The highest BCUT2D eigenvalue weighted by Gasteiger charge is 2.25. The summed E-state index contributed by atoms with van der Waals surface area (Å²) in [5.41, 5.74) is 1.81. The first kappa shape index (κ1) is 15.4. The van der Waals surface area contributed by atoms with Crippen molar-refractivity contribution in [3.05, 3.63) is 23.8 Å². The summed E-state index contributed by atoms with van der Waals surface area (Å²) in [4.78, 5) is 25.5. The second kappa shape index (κ2) is 6.61. The summed E-state index contributed by atoms with van der Waals surface area (Å²) >= 11 is 0. The van der Waals surface area contributed by atoms with Gasteiger partial charge in [0.25, 0.3) is 5.91 Å². The topological polar surface area (TPSA) is 58.6 Å². The number of hydrogen-bond acceptors (Lipinski definition) is 3. The van der Waals surface area contributed by atoms with Gasteiger partial charge in [0, 0.05) is 19.5 Å². The van der Waals surface area contributed by atoms with Gasteiger partial charge in [-0.05, 0) is 30.5 Å². The third-order valence-corrected chi connectivity index (χ3v) is 3.33. The van der Waals surface area contributed by atoms with E-state index in [-0.39, 0.29) is 18.4 Å². The fourth-order valence-electron chi connectivity index (χ4n) is 2.18. The molecule has 1 N–H and O–H groups in total. The average molecular weight is 290 g/mol. The zero-order chi connectivity index (χ0) is 15.4. The standard InChI is InChI=1S/C16H22N2O3/c1-11(2)9-17-15(19)6-7-18-13-8-12(3)4-5-14(13)21-10-16(18)20/h4-5,8,11H,6-7,9-10H2,1-3H3,(H,17,19). The maximum atomic E-state index is 12.0. The Bertz CT molecular complexity index is 540. The van der Waals surface area contributed by atoms with Gasteiger partial charge in [0.1, 0.15) is 5.75 Å². The first-order valence-electron chi connectivity index (χ1n) is 7.28. The fraction of sp³-hybridized carbons (Fsp3) is 0.500. The molecule has 1 aromatic carbocycles. The highest BCUT2D eigenvalue weighted by molar-refractivity contribution is 5.98. The van der Waals surface area contributed by atoms with Crippen LogP contribution in [0.4, 0.5) is 5.69 Å². The lowest BCUT2D eigenvalue weighted by Crippen LogP contribution is -2.41. The Labute approximate surface area is 125 Å². The minimum atomic E-state index is -0.107. The Morgan fingerprint density at radius 3 is 2.90 bits per heavy atom. The summed E-state index contributed by atoms with van der Waals surface area (Å²) in [6, 6.07) is 5.73. The summed E-state index contributed by atoms with van der Waals surface area (Å²) in [6.45, 7) is 7.13. The molecule has 0 aromatic heterocycles. The summed E-state index contributed by atoms with van der Waals surface area (Å²) in [7, 11) is 0. The number of carbonyl (C=O) groups excluding carboxylic acids is 2. The molecule has 21 heavy (non-hydrogen) atoms. The molecule has 0 saturated heterocycles. The average Bonchev–Trinajstić information content (AvgIpc) is 2.44. The number of benzene rings is 1. The monoisotopic (exact) mass is 290 g/mol. The molecule has 0 unspecified atom stereocenters. The minimum Gasteiger partial charge on any atom is -0.482 e. The number of fused-ring (bicyclic) bond motifs is 1. The Kier molecular flexibility index (Phi) is 4.83. The van der Waals surface area contributed by atoms with Crippen molar-refractivity contribution in [2.45, 2.75) is 27.2 Å². The highest BCUT2D eigenvalue weighted by Crippen LogP contribution is 2.32. The number of hydrogen-bond donors (Lipinski definition) is 1. The smallest absolute Gasteiger partial charge is 0.265 e. The quantitative estimate of drug-likeness (QED) is 0.901. The lowest BCUT2D eigenvalue weighted by Gasteiger charge is -2.29. The van der Waals surface area contributed by atoms with Gasteiger partial charge in [-0.1, -0.05) is 19.9 Å². The van der Waals surface area contributed by atoms with Gasteiger partial charge in [-0.2, -0.15) is 0 Å². The molecule has 0 spiro atoms. The molecule has 5 heteroatoms. The number of carbonyl (C=O) groups is 2. The van der Waals surface area contributed by atoms with Gasteiger partial charge >= 0.3 is 0 Å². The van der Waals surface area contributed by atoms with E-state index in [4.69, 9.17) is 4.74 Å². The predicted molar refractivity (Wildman–Crippen MR) is 81.5 cm³/mol. The molecule has 0 aliphatic carbocycles. The van der Waals surface area contributed by atoms with Gasteiger partial charge in [-0.15, -0.1) is 0 Å². The Morgan fingerprint density at radius 1 is 1.43 bits per heavy atom. The van der Waals surface area contributed by atoms with Crippen LogP contribution in [-0.4, -0.2) is 31.5 Å². The van der Waals surface area contributed by atoms with Gasteiger partial charge in [-0.3, -0.25) is 9.59 Å². The maximum absolute atomic E-state index is 12.0. The van der Waals surface area contributed by atoms with Crippen molar-refractivity contribution in [2.75, 3.05) is 24.6 Å². The molecule has 0 fully saturated rings. The molecular formula is C16H22N2O3. The number of ether oxygens (including phenoxy) is 1. The fourth-order valence-corrected chi connectivity index (χ4v) is 2.18. The molecule has 1 heterocycles. The van der Waals surface area contributed by atoms with Crippen LogP contribution in [0, 0.1) is 12.8 Å². The van der Waals surface area contributed by atoms with E-state index in [9.17, 15) is 9.59 Å². The van der Waals surface area contributed by atoms with Crippen molar-refractivity contribution in [1.82, 2.24) is 5.32 Å². The third-order valence-electron chi connectivity index (χ3n) is 3.33. The molecule has 0 bridgehead atoms. The molecule has 0 radical (unpaired) electrons. The zero-order valence-corrected chi connectivity index (χ0v) is 12.8. The molecule has 2 amide bonds. The van der Waals surface area contributed by atoms with Crippen LogP contribution < -0.4 is 15.0 Å². The number of amides is 2. The lowest BCUT2D eigenvalue weighted by atomic mass is 10.1. The molecule has 1 aromatic rings. The Morgan fingerprint density at radius 2 is 2.19 bits per heavy atom. The molecule has 1 aliphatic rings. The molecule has 0 atom stereocenters. The normalized spacial score (nSPS) is 13.9. The first-order valence-corrected chi connectivity index (χ1v) is 7.28. The highest BCUT2D eigenvalue weighted by atomic mass is 16.5. The van der Waals surface area contributed by atoms with E-state index >= 15 is 0 Å². The van der Waals surface area contributed by atoms with Gasteiger partial charge < -0.3 is 15.0 Å². The van der Waals surface area contributed by atoms with E-state index in [0.717, 1.165) is 11.3 Å². The van der Waals surface area contributed by atoms with E-state index in [1.165, 1.54) is 0 Å². The van der Waals surface area contributed by atoms with E-state index < -0.39 is 0 Å². The van der Waals surface area contributed by atoms with E-state index in [1.54, 1.807) is 4.90 Å². The van der Waals surface area contributed by atoms with E-state index in [2.05, 4.69) is 5.32 Å². The molecule has 1 aliphatic heterocycles. The summed E-state index contributed by atoms with van der Waals surface area (Å²) < 4.78 is 5.41. The van der Waals surface area contributed by atoms with E-state index in [1.807, 2.05) is 39.0 Å². The summed E-state index contributed by atoms with van der Waals surface area (Å²) in [6.07, 6.45) is 0.297. The van der Waals surface area contributed by atoms with Crippen LogP contribution >= 0.6 is 0 Å². The third kappa shape index (κ3) is 3.97. The van der Waals surface area contributed by atoms with Crippen LogP contribution in [0.3, 0.4) is 0 Å². The number of rotatable bonds is 5. The van der Waals surface area contributed by atoms with Crippen LogP contribution in [0.15, 0.2) is 18.2 Å². The Balaban J connectivity index is 2.01. The number of nitrogens with one attached hydrogen (secondary N) is 1. The molecule has 2 rings (SSSR count). The SMILES string of the molecule is Cc1ccc2c(c1)N(CCC(=O)NCC(C)C)C(=O)CO2. The van der Waals surface area contributed by atoms with Crippen molar-refractivity contribution >= 4 is 17.5 Å². The maximum Gasteiger partial charge on any atom is 0.265 e. The summed E-state index contributed by atoms with van der Waals surface area (Å²) in [5, 5.41) is 2.86. The minimum absolute atomic E-state index is 0.0304. The predicted octanol–water partition coefficient (Wildman–Crippen LogP) is 1.88. The lowest BCUT2D eigenvalue weighted by molar-refractivity contribution is -0.122. The van der Waals surface area contributed by atoms with Crippen LogP contribution in [0.25, 0.3) is 0 Å². The van der Waals surface area contributed by atoms with Crippen molar-refractivity contribution in [3.63, 3.8) is 0 Å². The van der Waals surface area contributed by atoms with Crippen LogP contribution in [-0.2, 0) is 9.59 Å². The van der Waals surface area contributed by atoms with Gasteiger partial charge in [-0.25, -0.2) is 0 Å². The van der Waals surface area contributed by atoms with Crippen molar-refractivity contribution in [3.8, 4) is 5.75 Å². The van der Waals surface area contributed by atoms with Gasteiger partial charge in [0.05, 0.1) is 5.69 Å². The zero-order valence-electron chi connectivity index (χ0n) is 12.8. The molecule has 5 nitrogen and oxygen atoms in total. The van der Waals surface area contributed by atoms with Crippen LogP contribution in [0.2, 0.25) is 0 Å². The van der Waals surface area contributed by atoms with Crippen LogP contribution in [0.1, 0.15) is 25.8 Å². The van der Waals surface area contributed by atoms with Crippen molar-refractivity contribution < 1.29 is 14.3 Å². The summed E-state index contributed by atoms with van der Waals surface area (Å²) in [5.74, 6) is 0.979. The first-order chi connectivity index (χ1) is 9.97. The second-order valence-corrected chi connectivity index (χ2v) is 5.75. The number of aryl methyl sites for hydroxylation is 1. The van der Waals surface area contributed by atoms with Gasteiger partial charge in [0.2, 0.25) is 5.91 Å². The Hall–Kier alpha value is -2.04. The van der Waals surface area contributed by atoms with Crippen molar-refractivity contribution in [2.24, 2.45) is 5.92 Å². The molecular weight excluding hydrogens is 268 g/mol. The van der Waals surface area contributed by atoms with Crippen molar-refractivity contribution in [1.29, 1.82) is 0 Å².